The van der Waals surface area contributed by atoms with Crippen LogP contribution in [0.15, 0.2) is 11.1 Å². The average molecular weight is 376 g/mol. The number of hydrogen-bond acceptors (Lipinski definition) is 6. The second-order valence-corrected chi connectivity index (χ2v) is 9.95. The van der Waals surface area contributed by atoms with Crippen molar-refractivity contribution in [1.29, 1.82) is 0 Å². The number of aliphatic hydroxyl groups is 1. The lowest BCUT2D eigenvalue weighted by molar-refractivity contribution is -0.225. The third-order valence-corrected chi connectivity index (χ3v) is 9.01. The third-order valence-electron chi connectivity index (χ3n) is 9.01. The lowest BCUT2D eigenvalue weighted by Crippen LogP contribution is -2.74. The summed E-state index contributed by atoms with van der Waals surface area (Å²) in [6.45, 7) is 6.91. The molecule has 1 spiro atoms. The smallest absolute Gasteiger partial charge is 0.334 e. The molecule has 0 bridgehead atoms. The third kappa shape index (κ3) is 1.50. The highest BCUT2D eigenvalue weighted by molar-refractivity contribution is 5.92. The molecule has 6 heteroatoms. The summed E-state index contributed by atoms with van der Waals surface area (Å²) in [5.41, 5.74) is -0.420. The summed E-state index contributed by atoms with van der Waals surface area (Å²) in [5.74, 6) is 0.299. The number of rotatable bonds is 2. The van der Waals surface area contributed by atoms with Crippen LogP contribution in [0.3, 0.4) is 0 Å². The Morgan fingerprint density at radius 3 is 2.70 bits per heavy atom. The summed E-state index contributed by atoms with van der Waals surface area (Å²) < 4.78 is 24.1. The highest BCUT2D eigenvalue weighted by Crippen LogP contribution is 2.78. The molecule has 4 fully saturated rings. The summed E-state index contributed by atoms with van der Waals surface area (Å²) in [6, 6.07) is 0. The van der Waals surface area contributed by atoms with Gasteiger partial charge >= 0.3 is 5.97 Å². The fraction of sp³-hybridized carbons (Fsp3) is 0.857. The van der Waals surface area contributed by atoms with Gasteiger partial charge in [-0.05, 0) is 43.1 Å². The lowest BCUT2D eigenvalue weighted by Gasteiger charge is -2.59. The van der Waals surface area contributed by atoms with E-state index in [1.54, 1.807) is 7.11 Å². The largest absolute Gasteiger partial charge is 0.458 e. The summed E-state index contributed by atoms with van der Waals surface area (Å²) in [5, 5.41) is 12.1. The van der Waals surface area contributed by atoms with E-state index in [1.807, 2.05) is 0 Å². The summed E-state index contributed by atoms with van der Waals surface area (Å²) >= 11 is 0. The Morgan fingerprint density at radius 2 is 2.00 bits per heavy atom. The maximum atomic E-state index is 12.1. The molecule has 0 aromatic carbocycles. The first kappa shape index (κ1) is 17.0. The predicted octanol–water partition coefficient (Wildman–Crippen LogP) is 1.74. The fourth-order valence-corrected chi connectivity index (χ4v) is 7.74. The van der Waals surface area contributed by atoms with Gasteiger partial charge in [0.05, 0.1) is 0 Å². The Labute approximate surface area is 159 Å². The molecular formula is C21H28O6. The average Bonchev–Trinajstić information content (AvgIpc) is 3.49. The van der Waals surface area contributed by atoms with Crippen LogP contribution in [0.5, 0.6) is 0 Å². The van der Waals surface area contributed by atoms with Crippen molar-refractivity contribution >= 4 is 5.97 Å². The standard InChI is InChI=1S/C21H28O6/c1-10(2)20-14(26-20)15-21(27-15)18(3)7-5-11-12(9-25-16(11)22)13(18)6-8-19(21,23)17(20)24-4/h10,13-15,17,23H,5-9H2,1-4H3/t13-,14-,15-,17-,18-,19+,20-,21+/m0/s1. The molecule has 6 rings (SSSR count). The van der Waals surface area contributed by atoms with Crippen LogP contribution in [0, 0.1) is 17.3 Å². The number of hydrogen-bond donors (Lipinski definition) is 1. The van der Waals surface area contributed by atoms with E-state index in [-0.39, 0.29) is 35.4 Å². The molecule has 2 saturated carbocycles. The summed E-state index contributed by atoms with van der Waals surface area (Å²) in [6.07, 6.45) is 2.43. The van der Waals surface area contributed by atoms with Crippen molar-refractivity contribution < 1.29 is 28.8 Å². The lowest BCUT2D eigenvalue weighted by atomic mass is 9.45. The molecule has 0 aromatic heterocycles. The van der Waals surface area contributed by atoms with Crippen molar-refractivity contribution in [2.24, 2.45) is 17.3 Å². The van der Waals surface area contributed by atoms with E-state index in [9.17, 15) is 9.90 Å². The molecule has 6 aliphatic rings. The van der Waals surface area contributed by atoms with Gasteiger partial charge in [-0.3, -0.25) is 0 Å². The van der Waals surface area contributed by atoms with Crippen molar-refractivity contribution in [1.82, 2.24) is 0 Å². The molecule has 3 aliphatic carbocycles. The number of carbonyl (C=O) groups is 1. The van der Waals surface area contributed by atoms with Gasteiger partial charge in [0.15, 0.2) is 0 Å². The number of methoxy groups -OCH3 is 1. The van der Waals surface area contributed by atoms with Gasteiger partial charge in [-0.15, -0.1) is 0 Å². The number of cyclic esters (lactones) is 1. The number of epoxide rings is 2. The van der Waals surface area contributed by atoms with Gasteiger partial charge in [0.25, 0.3) is 0 Å². The molecule has 1 N–H and O–H groups in total. The minimum absolute atomic E-state index is 0.0184. The van der Waals surface area contributed by atoms with Gasteiger partial charge in [0.2, 0.25) is 0 Å². The second-order valence-electron chi connectivity index (χ2n) is 9.95. The van der Waals surface area contributed by atoms with E-state index in [0.29, 0.717) is 19.4 Å². The van der Waals surface area contributed by atoms with Crippen LogP contribution in [-0.4, -0.2) is 59.9 Å². The van der Waals surface area contributed by atoms with Crippen molar-refractivity contribution in [3.05, 3.63) is 11.1 Å². The zero-order chi connectivity index (χ0) is 19.0. The summed E-state index contributed by atoms with van der Waals surface area (Å²) in [7, 11) is 1.68. The molecule has 8 atom stereocenters. The SMILES string of the molecule is CO[C@@H]1[C@@]2(C(C)C)O[C@H]2[C@@H]2O[C@@]23[C@@]2(C)CCC4=C(COC4=O)[C@@H]2CC[C@@]13O. The topological polar surface area (TPSA) is 80.8 Å². The maximum Gasteiger partial charge on any atom is 0.334 e. The van der Waals surface area contributed by atoms with Crippen molar-refractivity contribution in [2.75, 3.05) is 13.7 Å². The van der Waals surface area contributed by atoms with Gasteiger partial charge < -0.3 is 24.1 Å². The van der Waals surface area contributed by atoms with E-state index in [4.69, 9.17) is 18.9 Å². The van der Waals surface area contributed by atoms with E-state index in [2.05, 4.69) is 20.8 Å². The van der Waals surface area contributed by atoms with E-state index in [0.717, 1.165) is 24.0 Å². The van der Waals surface area contributed by atoms with Crippen LogP contribution in [0.25, 0.3) is 0 Å². The molecule has 0 amide bonds. The minimum Gasteiger partial charge on any atom is -0.458 e. The molecule has 2 saturated heterocycles. The van der Waals surface area contributed by atoms with Crippen LogP contribution in [0.1, 0.15) is 46.5 Å². The van der Waals surface area contributed by atoms with Gasteiger partial charge in [0, 0.05) is 18.1 Å². The highest BCUT2D eigenvalue weighted by atomic mass is 16.7. The van der Waals surface area contributed by atoms with Gasteiger partial charge in [-0.2, -0.15) is 0 Å². The molecule has 6 nitrogen and oxygen atoms in total. The monoisotopic (exact) mass is 376 g/mol. The number of ether oxygens (including phenoxy) is 4. The van der Waals surface area contributed by atoms with Gasteiger partial charge in [-0.25, -0.2) is 4.79 Å². The molecule has 0 unspecified atom stereocenters. The fourth-order valence-electron chi connectivity index (χ4n) is 7.74. The van der Waals surface area contributed by atoms with Crippen LogP contribution in [0.2, 0.25) is 0 Å². The van der Waals surface area contributed by atoms with Crippen LogP contribution < -0.4 is 0 Å². The Hall–Kier alpha value is -0.950. The van der Waals surface area contributed by atoms with Crippen molar-refractivity contribution in [3.63, 3.8) is 0 Å². The summed E-state index contributed by atoms with van der Waals surface area (Å²) in [4.78, 5) is 12.1. The Kier molecular flexibility index (Phi) is 2.90. The van der Waals surface area contributed by atoms with Gasteiger partial charge in [-0.1, -0.05) is 20.8 Å². The minimum atomic E-state index is -1.07. The van der Waals surface area contributed by atoms with Crippen LogP contribution >= 0.6 is 0 Å². The first-order valence-electron chi connectivity index (χ1n) is 10.3. The molecule has 0 radical (unpaired) electrons. The van der Waals surface area contributed by atoms with Crippen molar-refractivity contribution in [3.8, 4) is 0 Å². The van der Waals surface area contributed by atoms with Crippen LogP contribution in [0.4, 0.5) is 0 Å². The molecule has 3 aliphatic heterocycles. The highest BCUT2D eigenvalue weighted by Gasteiger charge is 2.94. The molecule has 0 aromatic rings. The Morgan fingerprint density at radius 1 is 1.22 bits per heavy atom. The predicted molar refractivity (Wildman–Crippen MR) is 93.8 cm³/mol. The van der Waals surface area contributed by atoms with Crippen molar-refractivity contribution in [2.45, 2.75) is 81.6 Å². The number of esters is 1. The maximum absolute atomic E-state index is 12.1. The number of carbonyl (C=O) groups excluding carboxylic acids is 1. The normalized spacial score (nSPS) is 57.3. The quantitative estimate of drug-likeness (QED) is 0.584. The first-order chi connectivity index (χ1) is 12.8. The van der Waals surface area contributed by atoms with E-state index >= 15 is 0 Å². The zero-order valence-corrected chi connectivity index (χ0v) is 16.4. The second kappa shape index (κ2) is 4.61. The first-order valence-corrected chi connectivity index (χ1v) is 10.3. The number of fused-ring (bicyclic) bond motifs is 4. The molecular weight excluding hydrogens is 348 g/mol. The Balaban J connectivity index is 1.48. The Bertz CT molecular complexity index is 790. The molecule has 3 heterocycles. The molecule has 148 valence electrons. The van der Waals surface area contributed by atoms with E-state index in [1.165, 1.54) is 0 Å². The molecule has 27 heavy (non-hydrogen) atoms. The van der Waals surface area contributed by atoms with E-state index < -0.39 is 22.9 Å². The zero-order valence-electron chi connectivity index (χ0n) is 16.4. The van der Waals surface area contributed by atoms with Crippen LogP contribution in [-0.2, 0) is 23.7 Å². The van der Waals surface area contributed by atoms with Gasteiger partial charge in [0.1, 0.15) is 41.7 Å².